The van der Waals surface area contributed by atoms with Gasteiger partial charge in [-0.25, -0.2) is 4.98 Å². The van der Waals surface area contributed by atoms with Crippen LogP contribution in [0.2, 0.25) is 0 Å². The Morgan fingerprint density at radius 1 is 1.25 bits per heavy atom. The van der Waals surface area contributed by atoms with Crippen LogP contribution in [-0.2, 0) is 0 Å². The molecule has 4 rings (SSSR count). The van der Waals surface area contributed by atoms with Gasteiger partial charge in [-0.1, -0.05) is 30.3 Å². The molecular weight excluding hydrogens is 300 g/mol. The van der Waals surface area contributed by atoms with Crippen molar-refractivity contribution in [3.05, 3.63) is 59.4 Å². The lowest BCUT2D eigenvalue weighted by Crippen LogP contribution is -2.38. The summed E-state index contributed by atoms with van der Waals surface area (Å²) in [4.78, 5) is 19.4. The van der Waals surface area contributed by atoms with Crippen molar-refractivity contribution in [1.82, 2.24) is 20.1 Å². The van der Waals surface area contributed by atoms with Crippen LogP contribution in [0, 0.1) is 6.92 Å². The maximum Gasteiger partial charge on any atom is 0.255 e. The number of benzene rings is 1. The Kier molecular flexibility index (Phi) is 3.76. The van der Waals surface area contributed by atoms with Crippen molar-refractivity contribution in [2.75, 3.05) is 6.54 Å². The van der Waals surface area contributed by atoms with Gasteiger partial charge in [0, 0.05) is 23.8 Å². The van der Waals surface area contributed by atoms with Crippen LogP contribution in [0.15, 0.2) is 42.6 Å². The van der Waals surface area contributed by atoms with Gasteiger partial charge in [0.1, 0.15) is 0 Å². The third kappa shape index (κ3) is 2.56. The van der Waals surface area contributed by atoms with E-state index in [2.05, 4.69) is 27.3 Å². The van der Waals surface area contributed by atoms with Crippen LogP contribution in [0.5, 0.6) is 0 Å². The Morgan fingerprint density at radius 3 is 2.92 bits per heavy atom. The Bertz CT molecular complexity index is 871. The molecular formula is C19H20N4O. The second-order valence-electron chi connectivity index (χ2n) is 6.36. The smallest absolute Gasteiger partial charge is 0.255 e. The molecule has 1 N–H and O–H groups in total. The van der Waals surface area contributed by atoms with Gasteiger partial charge in [-0.05, 0) is 37.8 Å². The molecule has 24 heavy (non-hydrogen) atoms. The third-order valence-corrected chi connectivity index (χ3v) is 4.80. The maximum absolute atomic E-state index is 13.1. The molecule has 0 bridgehead atoms. The highest BCUT2D eigenvalue weighted by molar-refractivity contribution is 5.97. The summed E-state index contributed by atoms with van der Waals surface area (Å²) in [5.41, 5.74) is 3.43. The summed E-state index contributed by atoms with van der Waals surface area (Å²) in [6.07, 6.45) is 4.86. The van der Waals surface area contributed by atoms with Gasteiger partial charge in [-0.15, -0.1) is 0 Å². The molecule has 1 saturated heterocycles. The first kappa shape index (κ1) is 14.9. The summed E-state index contributed by atoms with van der Waals surface area (Å²) in [5.74, 6) is 0.0542. The number of amides is 1. The highest BCUT2D eigenvalue weighted by Crippen LogP contribution is 2.32. The number of aromatic amines is 1. The second-order valence-corrected chi connectivity index (χ2v) is 6.36. The van der Waals surface area contributed by atoms with Gasteiger partial charge in [0.05, 0.1) is 11.6 Å². The van der Waals surface area contributed by atoms with Crippen LogP contribution >= 0.6 is 0 Å². The number of pyridine rings is 1. The van der Waals surface area contributed by atoms with Crippen molar-refractivity contribution in [1.29, 1.82) is 0 Å². The molecule has 122 valence electrons. The molecule has 1 fully saturated rings. The van der Waals surface area contributed by atoms with Crippen LogP contribution in [0.1, 0.15) is 46.9 Å². The molecule has 0 unspecified atom stereocenters. The molecule has 0 saturated carbocycles. The fourth-order valence-corrected chi connectivity index (χ4v) is 3.50. The molecule has 5 heteroatoms. The lowest BCUT2D eigenvalue weighted by atomic mass is 9.94. The number of carbonyl (C=O) groups is 1. The van der Waals surface area contributed by atoms with Crippen LogP contribution in [-0.4, -0.2) is 32.5 Å². The Labute approximate surface area is 140 Å². The molecule has 3 aromatic rings. The number of hydrogen-bond donors (Lipinski definition) is 1. The Hall–Kier alpha value is -2.69. The number of rotatable bonds is 2. The van der Waals surface area contributed by atoms with Crippen molar-refractivity contribution in [2.24, 2.45) is 0 Å². The van der Waals surface area contributed by atoms with Crippen LogP contribution in [0.3, 0.4) is 0 Å². The Morgan fingerprint density at radius 2 is 2.08 bits per heavy atom. The van der Waals surface area contributed by atoms with Crippen molar-refractivity contribution in [3.8, 4) is 0 Å². The minimum Gasteiger partial charge on any atom is -0.332 e. The molecule has 1 amide bonds. The second kappa shape index (κ2) is 6.07. The summed E-state index contributed by atoms with van der Waals surface area (Å²) in [7, 11) is 0. The van der Waals surface area contributed by atoms with Crippen molar-refractivity contribution < 1.29 is 4.79 Å². The largest absolute Gasteiger partial charge is 0.332 e. The van der Waals surface area contributed by atoms with Crippen molar-refractivity contribution in [2.45, 2.75) is 32.2 Å². The van der Waals surface area contributed by atoms with E-state index < -0.39 is 0 Å². The predicted octanol–water partition coefficient (Wildman–Crippen LogP) is 3.63. The number of nitrogens with one attached hydrogen (secondary N) is 1. The SMILES string of the molecule is Cc1[nH]nc2ncc(C(=O)N3CCCC[C@@H]3c3ccccc3)cc12. The minimum atomic E-state index is 0.0542. The minimum absolute atomic E-state index is 0.0542. The zero-order chi connectivity index (χ0) is 16.5. The zero-order valence-electron chi connectivity index (χ0n) is 13.7. The molecule has 0 radical (unpaired) electrons. The summed E-state index contributed by atoms with van der Waals surface area (Å²) in [6, 6.07) is 12.4. The molecule has 1 aliphatic heterocycles. The zero-order valence-corrected chi connectivity index (χ0v) is 13.7. The van der Waals surface area contributed by atoms with Gasteiger partial charge < -0.3 is 4.90 Å². The van der Waals surface area contributed by atoms with Crippen molar-refractivity contribution in [3.63, 3.8) is 0 Å². The van der Waals surface area contributed by atoms with Crippen LogP contribution in [0.4, 0.5) is 0 Å². The van der Waals surface area contributed by atoms with Gasteiger partial charge >= 0.3 is 0 Å². The van der Waals surface area contributed by atoms with Gasteiger partial charge in [-0.2, -0.15) is 5.10 Å². The fraction of sp³-hybridized carbons (Fsp3) is 0.316. The predicted molar refractivity (Wildman–Crippen MR) is 92.7 cm³/mol. The molecule has 0 spiro atoms. The number of fused-ring (bicyclic) bond motifs is 1. The van der Waals surface area contributed by atoms with E-state index in [0.717, 1.165) is 36.9 Å². The van der Waals surface area contributed by atoms with E-state index in [-0.39, 0.29) is 11.9 Å². The number of carbonyl (C=O) groups excluding carboxylic acids is 1. The highest BCUT2D eigenvalue weighted by atomic mass is 16.2. The topological polar surface area (TPSA) is 61.9 Å². The number of hydrogen-bond acceptors (Lipinski definition) is 3. The molecule has 1 atom stereocenters. The van der Waals surface area contributed by atoms with Crippen molar-refractivity contribution >= 4 is 16.9 Å². The first-order valence-corrected chi connectivity index (χ1v) is 8.40. The monoisotopic (exact) mass is 320 g/mol. The standard InChI is InChI=1S/C19H20N4O/c1-13-16-11-15(12-20-18(16)22-21-13)19(24)23-10-6-5-9-17(23)14-7-3-2-4-8-14/h2-4,7-8,11-12,17H,5-6,9-10H2,1H3,(H,20,21,22)/t17-/m1/s1. The number of likely N-dealkylation sites (tertiary alicyclic amines) is 1. The number of H-pyrrole nitrogens is 1. The quantitative estimate of drug-likeness (QED) is 0.784. The maximum atomic E-state index is 13.1. The van der Waals surface area contributed by atoms with E-state index in [1.807, 2.05) is 36.1 Å². The van der Waals surface area contributed by atoms with E-state index in [0.29, 0.717) is 11.2 Å². The molecule has 3 heterocycles. The van der Waals surface area contributed by atoms with Crippen LogP contribution in [0.25, 0.3) is 11.0 Å². The Balaban J connectivity index is 1.68. The van der Waals surface area contributed by atoms with Gasteiger partial charge in [-0.3, -0.25) is 9.89 Å². The summed E-state index contributed by atoms with van der Waals surface area (Å²) in [6.45, 7) is 2.74. The molecule has 1 aromatic carbocycles. The highest BCUT2D eigenvalue weighted by Gasteiger charge is 2.29. The molecule has 1 aliphatic rings. The van der Waals surface area contributed by atoms with Crippen LogP contribution < -0.4 is 0 Å². The van der Waals surface area contributed by atoms with Gasteiger partial charge in [0.25, 0.3) is 5.91 Å². The lowest BCUT2D eigenvalue weighted by Gasteiger charge is -2.36. The third-order valence-electron chi connectivity index (χ3n) is 4.80. The molecule has 0 aliphatic carbocycles. The normalized spacial score (nSPS) is 18.0. The van der Waals surface area contributed by atoms with E-state index in [1.54, 1.807) is 6.20 Å². The average molecular weight is 320 g/mol. The number of aromatic nitrogens is 3. The average Bonchev–Trinajstić information content (AvgIpc) is 3.02. The number of nitrogens with zero attached hydrogens (tertiary/aromatic N) is 3. The summed E-state index contributed by atoms with van der Waals surface area (Å²) >= 11 is 0. The molecule has 5 nitrogen and oxygen atoms in total. The summed E-state index contributed by atoms with van der Waals surface area (Å²) < 4.78 is 0. The first-order valence-electron chi connectivity index (χ1n) is 8.40. The summed E-state index contributed by atoms with van der Waals surface area (Å²) in [5, 5.41) is 7.96. The number of piperidine rings is 1. The molecule has 2 aromatic heterocycles. The van der Waals surface area contributed by atoms with Gasteiger partial charge in [0.2, 0.25) is 0 Å². The number of aryl methyl sites for hydroxylation is 1. The van der Waals surface area contributed by atoms with E-state index in [4.69, 9.17) is 0 Å². The van der Waals surface area contributed by atoms with E-state index >= 15 is 0 Å². The van der Waals surface area contributed by atoms with E-state index in [1.165, 1.54) is 5.56 Å². The fourth-order valence-electron chi connectivity index (χ4n) is 3.50. The lowest BCUT2D eigenvalue weighted by molar-refractivity contribution is 0.0611. The first-order chi connectivity index (χ1) is 11.7. The van der Waals surface area contributed by atoms with E-state index in [9.17, 15) is 4.79 Å². The van der Waals surface area contributed by atoms with Gasteiger partial charge in [0.15, 0.2) is 5.65 Å².